The van der Waals surface area contributed by atoms with Gasteiger partial charge in [0.25, 0.3) is 0 Å². The summed E-state index contributed by atoms with van der Waals surface area (Å²) in [5.41, 5.74) is 6.58. The zero-order valence-corrected chi connectivity index (χ0v) is 12.4. The maximum absolute atomic E-state index is 11.7. The second-order valence-electron chi connectivity index (χ2n) is 3.75. The first-order valence-electron chi connectivity index (χ1n) is 5.52. The molecule has 0 radical (unpaired) electrons. The van der Waals surface area contributed by atoms with Gasteiger partial charge in [-0.25, -0.2) is 4.79 Å². The smallest absolute Gasteiger partial charge is 0.341 e. The second-order valence-corrected chi connectivity index (χ2v) is 4.91. The number of methoxy groups -OCH3 is 1. The molecule has 0 atom stereocenters. The predicted octanol–water partition coefficient (Wildman–Crippen LogP) is 3.45. The van der Waals surface area contributed by atoms with Crippen LogP contribution in [-0.4, -0.2) is 13.1 Å². The first-order valence-corrected chi connectivity index (χ1v) is 6.60. The average molecular weight is 369 g/mol. The van der Waals surface area contributed by atoms with E-state index < -0.39 is 5.97 Å². The normalized spacial score (nSPS) is 10.0. The fraction of sp³-hybridized carbons (Fsp3) is 0.0714. The summed E-state index contributed by atoms with van der Waals surface area (Å²) >= 11 is 2.16. The largest absolute Gasteiger partial charge is 0.465 e. The molecule has 0 saturated heterocycles. The summed E-state index contributed by atoms with van der Waals surface area (Å²) in [5.74, 6) is 0.484. The van der Waals surface area contributed by atoms with Gasteiger partial charge in [-0.05, 0) is 46.9 Å². The van der Waals surface area contributed by atoms with Gasteiger partial charge in [-0.1, -0.05) is 18.2 Å². The van der Waals surface area contributed by atoms with E-state index in [2.05, 4.69) is 22.6 Å². The third-order valence-electron chi connectivity index (χ3n) is 2.50. The molecule has 0 aliphatic carbocycles. The molecule has 0 aliphatic heterocycles. The number of para-hydroxylation sites is 2. The van der Waals surface area contributed by atoms with Gasteiger partial charge in [0.2, 0.25) is 0 Å². The van der Waals surface area contributed by atoms with Crippen LogP contribution in [0.5, 0.6) is 11.5 Å². The number of hydrogen-bond donors (Lipinski definition) is 1. The Morgan fingerprint density at radius 3 is 2.58 bits per heavy atom. The highest BCUT2D eigenvalue weighted by molar-refractivity contribution is 14.1. The molecule has 0 bridgehead atoms. The van der Waals surface area contributed by atoms with Crippen LogP contribution in [-0.2, 0) is 4.74 Å². The van der Waals surface area contributed by atoms with Crippen molar-refractivity contribution in [2.75, 3.05) is 12.8 Å². The lowest BCUT2D eigenvalue weighted by Crippen LogP contribution is -2.06. The monoisotopic (exact) mass is 369 g/mol. The molecule has 0 aliphatic rings. The number of anilines is 1. The van der Waals surface area contributed by atoms with Crippen LogP contribution in [0.15, 0.2) is 42.5 Å². The van der Waals surface area contributed by atoms with Crippen LogP contribution in [0.1, 0.15) is 10.4 Å². The second kappa shape index (κ2) is 5.92. The molecule has 0 unspecified atom stereocenters. The van der Waals surface area contributed by atoms with Gasteiger partial charge in [-0.3, -0.25) is 0 Å². The maximum Gasteiger partial charge on any atom is 0.341 e. The molecular weight excluding hydrogens is 357 g/mol. The number of nitrogen functional groups attached to an aromatic ring is 1. The highest BCUT2D eigenvalue weighted by Crippen LogP contribution is 2.33. The molecule has 2 N–H and O–H groups in total. The number of ether oxygens (including phenoxy) is 2. The molecule has 0 aromatic heterocycles. The predicted molar refractivity (Wildman–Crippen MR) is 81.4 cm³/mol. The lowest BCUT2D eigenvalue weighted by atomic mass is 10.1. The van der Waals surface area contributed by atoms with Crippen molar-refractivity contribution < 1.29 is 14.3 Å². The van der Waals surface area contributed by atoms with Crippen LogP contribution in [0.25, 0.3) is 0 Å². The van der Waals surface area contributed by atoms with Crippen molar-refractivity contribution in [2.24, 2.45) is 0 Å². The molecule has 4 nitrogen and oxygen atoms in total. The van der Waals surface area contributed by atoms with E-state index in [1.54, 1.807) is 18.2 Å². The molecule has 0 amide bonds. The Bertz CT molecular complexity index is 613. The quantitative estimate of drug-likeness (QED) is 0.512. The molecule has 19 heavy (non-hydrogen) atoms. The van der Waals surface area contributed by atoms with Crippen molar-refractivity contribution in [3.8, 4) is 11.5 Å². The van der Waals surface area contributed by atoms with Gasteiger partial charge in [-0.15, -0.1) is 0 Å². The molecule has 5 heteroatoms. The van der Waals surface area contributed by atoms with Crippen LogP contribution < -0.4 is 10.5 Å². The van der Waals surface area contributed by atoms with E-state index in [0.717, 1.165) is 3.57 Å². The summed E-state index contributed by atoms with van der Waals surface area (Å²) < 4.78 is 11.4. The Balaban J connectivity index is 2.45. The van der Waals surface area contributed by atoms with E-state index in [1.165, 1.54) is 7.11 Å². The molecule has 0 saturated carbocycles. The average Bonchev–Trinajstić information content (AvgIpc) is 2.42. The van der Waals surface area contributed by atoms with Crippen molar-refractivity contribution in [1.29, 1.82) is 0 Å². The highest BCUT2D eigenvalue weighted by atomic mass is 127. The topological polar surface area (TPSA) is 61.5 Å². The third kappa shape index (κ3) is 2.98. The molecule has 2 aromatic rings. The number of esters is 1. The molecule has 0 fully saturated rings. The van der Waals surface area contributed by atoms with Crippen molar-refractivity contribution in [3.63, 3.8) is 0 Å². The number of rotatable bonds is 3. The van der Waals surface area contributed by atoms with Gasteiger partial charge in [0.05, 0.1) is 16.4 Å². The van der Waals surface area contributed by atoms with Crippen LogP contribution in [0.3, 0.4) is 0 Å². The number of hydrogen-bond acceptors (Lipinski definition) is 4. The number of carbonyl (C=O) groups is 1. The SMILES string of the molecule is COC(=O)c1cccc(N)c1Oc1ccccc1I. The van der Waals surface area contributed by atoms with Gasteiger partial charge in [0, 0.05) is 0 Å². The molecule has 2 aromatic carbocycles. The van der Waals surface area contributed by atoms with E-state index in [4.69, 9.17) is 15.2 Å². The summed E-state index contributed by atoms with van der Waals surface area (Å²) in [6, 6.07) is 12.5. The van der Waals surface area contributed by atoms with Crippen LogP contribution >= 0.6 is 22.6 Å². The van der Waals surface area contributed by atoms with E-state index in [0.29, 0.717) is 22.7 Å². The first kappa shape index (κ1) is 13.7. The minimum atomic E-state index is -0.478. The van der Waals surface area contributed by atoms with Gasteiger partial charge in [0.15, 0.2) is 5.75 Å². The van der Waals surface area contributed by atoms with E-state index in [-0.39, 0.29) is 0 Å². The highest BCUT2D eigenvalue weighted by Gasteiger charge is 2.17. The Labute approximate surface area is 124 Å². The van der Waals surface area contributed by atoms with Crippen molar-refractivity contribution in [2.45, 2.75) is 0 Å². The number of halogens is 1. The molecule has 98 valence electrons. The summed E-state index contributed by atoms with van der Waals surface area (Å²) in [5, 5.41) is 0. The van der Waals surface area contributed by atoms with Crippen molar-refractivity contribution >= 4 is 34.2 Å². The van der Waals surface area contributed by atoms with Gasteiger partial charge in [-0.2, -0.15) is 0 Å². The summed E-state index contributed by atoms with van der Waals surface area (Å²) in [6.45, 7) is 0. The molecule has 0 heterocycles. The number of carbonyl (C=O) groups excluding carboxylic acids is 1. The Morgan fingerprint density at radius 1 is 1.16 bits per heavy atom. The van der Waals surface area contributed by atoms with Crippen LogP contribution in [0, 0.1) is 3.57 Å². The fourth-order valence-corrected chi connectivity index (χ4v) is 2.07. The van der Waals surface area contributed by atoms with Crippen LogP contribution in [0.2, 0.25) is 0 Å². The van der Waals surface area contributed by atoms with Gasteiger partial charge in [0.1, 0.15) is 11.3 Å². The Hall–Kier alpha value is -1.76. The fourth-order valence-electron chi connectivity index (χ4n) is 1.58. The lowest BCUT2D eigenvalue weighted by molar-refractivity contribution is 0.0598. The first-order chi connectivity index (χ1) is 9.13. The van der Waals surface area contributed by atoms with Gasteiger partial charge >= 0.3 is 5.97 Å². The van der Waals surface area contributed by atoms with Crippen molar-refractivity contribution in [1.82, 2.24) is 0 Å². The minimum absolute atomic E-state index is 0.308. The number of benzene rings is 2. The summed E-state index contributed by atoms with van der Waals surface area (Å²) in [4.78, 5) is 11.7. The van der Waals surface area contributed by atoms with E-state index in [1.807, 2.05) is 24.3 Å². The molecule has 2 rings (SSSR count). The lowest BCUT2D eigenvalue weighted by Gasteiger charge is -2.13. The zero-order valence-electron chi connectivity index (χ0n) is 10.2. The standard InChI is InChI=1S/C14H12INO3/c1-18-14(17)9-5-4-7-11(16)13(9)19-12-8-3-2-6-10(12)15/h2-8H,16H2,1H3. The summed E-state index contributed by atoms with van der Waals surface area (Å²) in [7, 11) is 1.32. The zero-order chi connectivity index (χ0) is 13.8. The van der Waals surface area contributed by atoms with Crippen LogP contribution in [0.4, 0.5) is 5.69 Å². The molecule has 0 spiro atoms. The van der Waals surface area contributed by atoms with Crippen molar-refractivity contribution in [3.05, 3.63) is 51.6 Å². The maximum atomic E-state index is 11.7. The van der Waals surface area contributed by atoms with E-state index >= 15 is 0 Å². The number of nitrogens with two attached hydrogens (primary N) is 1. The summed E-state index contributed by atoms with van der Waals surface area (Å²) in [6.07, 6.45) is 0. The van der Waals surface area contributed by atoms with E-state index in [9.17, 15) is 4.79 Å². The Kier molecular flexibility index (Phi) is 4.26. The Morgan fingerprint density at radius 2 is 1.89 bits per heavy atom. The third-order valence-corrected chi connectivity index (χ3v) is 3.39. The minimum Gasteiger partial charge on any atom is -0.465 e. The molecular formula is C14H12INO3. The van der Waals surface area contributed by atoms with Gasteiger partial charge < -0.3 is 15.2 Å².